The van der Waals surface area contributed by atoms with E-state index >= 15 is 0 Å². The van der Waals surface area contributed by atoms with Gasteiger partial charge in [-0.25, -0.2) is 17.9 Å². The highest BCUT2D eigenvalue weighted by atomic mass is 32.2. The van der Waals surface area contributed by atoms with Crippen molar-refractivity contribution in [3.05, 3.63) is 17.0 Å². The van der Waals surface area contributed by atoms with Crippen LogP contribution in [0.3, 0.4) is 0 Å². The molecule has 1 heterocycles. The number of ether oxygens (including phenoxy) is 1. The van der Waals surface area contributed by atoms with Gasteiger partial charge in [0.05, 0.1) is 6.61 Å². The van der Waals surface area contributed by atoms with Gasteiger partial charge in [0.15, 0.2) is 0 Å². The first-order valence-electron chi connectivity index (χ1n) is 6.70. The van der Waals surface area contributed by atoms with Crippen LogP contribution in [0.2, 0.25) is 0 Å². The molecule has 0 aliphatic heterocycles. The van der Waals surface area contributed by atoms with E-state index in [1.807, 2.05) is 6.26 Å². The molecule has 0 aromatic carbocycles. The van der Waals surface area contributed by atoms with E-state index in [9.17, 15) is 13.2 Å². The average Bonchev–Trinajstić information content (AvgIpc) is 2.71. The smallest absolute Gasteiger partial charge is 0.355 e. The molecule has 6 nitrogen and oxygen atoms in total. The van der Waals surface area contributed by atoms with Crippen LogP contribution in [-0.2, 0) is 14.8 Å². The fourth-order valence-corrected chi connectivity index (χ4v) is 3.99. The van der Waals surface area contributed by atoms with Gasteiger partial charge in [0.2, 0.25) is 10.0 Å². The Morgan fingerprint density at radius 1 is 1.38 bits per heavy atom. The Kier molecular flexibility index (Phi) is 6.76. The number of rotatable bonds is 8. The molecule has 2 N–H and O–H groups in total. The molecule has 21 heavy (non-hydrogen) atoms. The summed E-state index contributed by atoms with van der Waals surface area (Å²) in [5, 5.41) is 0. The molecule has 120 valence electrons. The minimum absolute atomic E-state index is 0.134. The number of aromatic amines is 1. The highest BCUT2D eigenvalue weighted by Crippen LogP contribution is 2.23. The molecule has 0 fully saturated rings. The average molecular weight is 334 g/mol. The van der Waals surface area contributed by atoms with Gasteiger partial charge in [-0.2, -0.15) is 11.8 Å². The molecule has 0 amide bonds. The molecular weight excluding hydrogens is 312 g/mol. The zero-order chi connectivity index (χ0) is 16.0. The molecule has 0 spiro atoms. The van der Waals surface area contributed by atoms with Crippen LogP contribution < -0.4 is 4.72 Å². The number of carbonyl (C=O) groups is 1. The van der Waals surface area contributed by atoms with Crippen molar-refractivity contribution >= 4 is 27.8 Å². The summed E-state index contributed by atoms with van der Waals surface area (Å²) in [5.41, 5.74) is 1.02. The summed E-state index contributed by atoms with van der Waals surface area (Å²) in [4.78, 5) is 14.7. The SMILES string of the molecule is CCOC(=O)c1[nH]c(C)c(S(=O)(=O)NCCCSC)c1C. The van der Waals surface area contributed by atoms with Crippen LogP contribution in [0.15, 0.2) is 4.90 Å². The molecular formula is C13H22N2O4S2. The summed E-state index contributed by atoms with van der Waals surface area (Å²) in [6.07, 6.45) is 2.73. The van der Waals surface area contributed by atoms with Crippen LogP contribution in [-0.4, -0.2) is 44.5 Å². The lowest BCUT2D eigenvalue weighted by Gasteiger charge is -2.07. The molecule has 1 rings (SSSR count). The lowest BCUT2D eigenvalue weighted by atomic mass is 10.2. The number of hydrogen-bond acceptors (Lipinski definition) is 5. The number of nitrogens with one attached hydrogen (secondary N) is 2. The molecule has 0 bridgehead atoms. The summed E-state index contributed by atoms with van der Waals surface area (Å²) in [6, 6.07) is 0. The van der Waals surface area contributed by atoms with Crippen LogP contribution in [0.4, 0.5) is 0 Å². The highest BCUT2D eigenvalue weighted by molar-refractivity contribution is 7.98. The van der Waals surface area contributed by atoms with Crippen LogP contribution in [0.5, 0.6) is 0 Å². The fraction of sp³-hybridized carbons (Fsp3) is 0.615. The lowest BCUT2D eigenvalue weighted by Crippen LogP contribution is -2.26. The summed E-state index contributed by atoms with van der Waals surface area (Å²) in [7, 11) is -3.63. The number of thioether (sulfide) groups is 1. The zero-order valence-corrected chi connectivity index (χ0v) is 14.4. The number of aromatic nitrogens is 1. The Bertz CT molecular complexity index is 594. The van der Waals surface area contributed by atoms with E-state index in [2.05, 4.69) is 9.71 Å². The summed E-state index contributed by atoms with van der Waals surface area (Å²) in [6.45, 7) is 5.56. The number of hydrogen-bond donors (Lipinski definition) is 2. The maximum Gasteiger partial charge on any atom is 0.355 e. The highest BCUT2D eigenvalue weighted by Gasteiger charge is 2.26. The zero-order valence-electron chi connectivity index (χ0n) is 12.8. The molecule has 0 atom stereocenters. The monoisotopic (exact) mass is 334 g/mol. The van der Waals surface area contributed by atoms with Crippen LogP contribution in [0, 0.1) is 13.8 Å². The van der Waals surface area contributed by atoms with Gasteiger partial charge < -0.3 is 9.72 Å². The Morgan fingerprint density at radius 3 is 2.62 bits per heavy atom. The van der Waals surface area contributed by atoms with Crippen LogP contribution in [0.25, 0.3) is 0 Å². The molecule has 0 saturated heterocycles. The normalized spacial score (nSPS) is 11.6. The third-order valence-electron chi connectivity index (χ3n) is 2.93. The summed E-state index contributed by atoms with van der Waals surface area (Å²) < 4.78 is 32.2. The lowest BCUT2D eigenvalue weighted by molar-refractivity contribution is 0.0519. The van der Waals surface area contributed by atoms with Gasteiger partial charge in [-0.3, -0.25) is 0 Å². The van der Waals surface area contributed by atoms with Crippen molar-refractivity contribution in [2.24, 2.45) is 0 Å². The van der Waals surface area contributed by atoms with Crippen LogP contribution >= 0.6 is 11.8 Å². The van der Waals surface area contributed by atoms with Crippen molar-refractivity contribution in [2.75, 3.05) is 25.2 Å². The van der Waals surface area contributed by atoms with Gasteiger partial charge >= 0.3 is 5.97 Å². The third kappa shape index (κ3) is 4.49. The van der Waals surface area contributed by atoms with Crippen molar-refractivity contribution in [1.82, 2.24) is 9.71 Å². The van der Waals surface area contributed by atoms with Gasteiger partial charge in [0, 0.05) is 17.8 Å². The van der Waals surface area contributed by atoms with Gasteiger partial charge in [-0.15, -0.1) is 0 Å². The molecule has 0 unspecified atom stereocenters. The first-order chi connectivity index (χ1) is 9.85. The van der Waals surface area contributed by atoms with Gasteiger partial charge in [0.25, 0.3) is 0 Å². The number of sulfonamides is 1. The second-order valence-electron chi connectivity index (χ2n) is 4.54. The molecule has 0 aliphatic rings. The second-order valence-corrected chi connectivity index (χ2v) is 7.23. The number of H-pyrrole nitrogens is 1. The maximum atomic E-state index is 12.3. The van der Waals surface area contributed by atoms with E-state index in [-0.39, 0.29) is 17.2 Å². The standard InChI is InChI=1S/C13H22N2O4S2/c1-5-19-13(16)11-9(2)12(10(3)15-11)21(17,18)14-7-6-8-20-4/h14-15H,5-8H2,1-4H3. The predicted molar refractivity (Wildman–Crippen MR) is 84.4 cm³/mol. The molecule has 8 heteroatoms. The Hall–Kier alpha value is -0.990. The Balaban J connectivity index is 2.99. The molecule has 0 radical (unpaired) electrons. The van der Waals surface area contributed by atoms with Gasteiger partial charge in [0.1, 0.15) is 10.6 Å². The quantitative estimate of drug-likeness (QED) is 0.559. The summed E-state index contributed by atoms with van der Waals surface area (Å²) in [5.74, 6) is 0.351. The number of esters is 1. The van der Waals surface area contributed by atoms with Crippen molar-refractivity contribution in [3.63, 3.8) is 0 Å². The fourth-order valence-electron chi connectivity index (χ4n) is 2.04. The summed E-state index contributed by atoms with van der Waals surface area (Å²) >= 11 is 1.67. The van der Waals surface area contributed by atoms with E-state index in [4.69, 9.17) is 4.74 Å². The Labute approximate surface area is 130 Å². The topological polar surface area (TPSA) is 88.3 Å². The molecule has 0 aliphatic carbocycles. The molecule has 0 saturated carbocycles. The third-order valence-corrected chi connectivity index (χ3v) is 5.37. The minimum Gasteiger partial charge on any atom is -0.461 e. The van der Waals surface area contributed by atoms with Gasteiger partial charge in [-0.05, 0) is 39.2 Å². The predicted octanol–water partition coefficient (Wildman–Crippen LogP) is 1.84. The van der Waals surface area contributed by atoms with Gasteiger partial charge in [-0.1, -0.05) is 0 Å². The van der Waals surface area contributed by atoms with E-state index in [0.29, 0.717) is 17.8 Å². The van der Waals surface area contributed by atoms with Crippen molar-refractivity contribution in [3.8, 4) is 0 Å². The van der Waals surface area contributed by atoms with E-state index in [1.54, 1.807) is 32.5 Å². The van der Waals surface area contributed by atoms with Crippen molar-refractivity contribution in [2.45, 2.75) is 32.1 Å². The number of aryl methyl sites for hydroxylation is 1. The first kappa shape index (κ1) is 18.1. The first-order valence-corrected chi connectivity index (χ1v) is 9.57. The van der Waals surface area contributed by atoms with Crippen molar-refractivity contribution < 1.29 is 17.9 Å². The van der Waals surface area contributed by atoms with E-state index in [0.717, 1.165) is 12.2 Å². The van der Waals surface area contributed by atoms with E-state index in [1.165, 1.54) is 0 Å². The number of carbonyl (C=O) groups excluding carboxylic acids is 1. The molecule has 1 aromatic heterocycles. The Morgan fingerprint density at radius 2 is 2.05 bits per heavy atom. The van der Waals surface area contributed by atoms with E-state index < -0.39 is 16.0 Å². The minimum atomic E-state index is -3.63. The molecule has 1 aromatic rings. The maximum absolute atomic E-state index is 12.3. The van der Waals surface area contributed by atoms with Crippen molar-refractivity contribution in [1.29, 1.82) is 0 Å². The second kappa shape index (κ2) is 7.86. The largest absolute Gasteiger partial charge is 0.461 e. The van der Waals surface area contributed by atoms with Crippen LogP contribution in [0.1, 0.15) is 35.1 Å².